The molecular weight excluding hydrogens is 466 g/mol. The van der Waals surface area contributed by atoms with Crippen LogP contribution in [0.4, 0.5) is 0 Å². The van der Waals surface area contributed by atoms with Crippen molar-refractivity contribution >= 4 is 17.4 Å². The van der Waals surface area contributed by atoms with Crippen LogP contribution < -0.4 is 9.47 Å². The summed E-state index contributed by atoms with van der Waals surface area (Å²) < 4.78 is 11.4. The highest BCUT2D eigenvalue weighted by molar-refractivity contribution is 6.46. The number of ether oxygens (including phenoxy) is 2. The van der Waals surface area contributed by atoms with E-state index in [4.69, 9.17) is 9.47 Å². The molecule has 6 heteroatoms. The molecule has 6 nitrogen and oxygen atoms in total. The van der Waals surface area contributed by atoms with Crippen LogP contribution in [-0.2, 0) is 16.2 Å². The molecule has 1 N–H and O–H groups in total. The third kappa shape index (κ3) is 4.84. The number of aryl methyl sites for hydroxylation is 1. The number of carbonyl (C=O) groups is 2. The van der Waals surface area contributed by atoms with Crippen LogP contribution in [0.1, 0.15) is 54.0 Å². The summed E-state index contributed by atoms with van der Waals surface area (Å²) in [6.07, 6.45) is 3.73. The van der Waals surface area contributed by atoms with Gasteiger partial charge in [-0.1, -0.05) is 55.3 Å². The Hall–Kier alpha value is -4.06. The minimum atomic E-state index is -0.674. The number of hydrogen-bond acceptors (Lipinski definition) is 5. The summed E-state index contributed by atoms with van der Waals surface area (Å²) in [6, 6.07) is 21.9. The zero-order valence-electron chi connectivity index (χ0n) is 21.1. The van der Waals surface area contributed by atoms with Gasteiger partial charge in [-0.3, -0.25) is 9.59 Å². The van der Waals surface area contributed by atoms with Crippen molar-refractivity contribution in [2.75, 3.05) is 7.11 Å². The van der Waals surface area contributed by atoms with Crippen LogP contribution >= 0.6 is 0 Å². The third-order valence-electron chi connectivity index (χ3n) is 7.29. The molecule has 1 unspecified atom stereocenters. The lowest BCUT2D eigenvalue weighted by molar-refractivity contribution is -0.141. The zero-order valence-corrected chi connectivity index (χ0v) is 21.1. The molecule has 1 saturated carbocycles. The molecule has 0 bridgehead atoms. The third-order valence-corrected chi connectivity index (χ3v) is 7.29. The van der Waals surface area contributed by atoms with E-state index < -0.39 is 17.7 Å². The number of aliphatic hydroxyl groups excluding tert-OH is 1. The monoisotopic (exact) mass is 497 g/mol. The number of Topliss-reactive ketones (excluding diaryl/α,β-unsaturated/α-hetero) is 1. The molecule has 1 amide bonds. The number of likely N-dealkylation sites (tertiary alicyclic amines) is 1. The Morgan fingerprint density at radius 3 is 2.43 bits per heavy atom. The highest BCUT2D eigenvalue weighted by Crippen LogP contribution is 2.44. The van der Waals surface area contributed by atoms with Gasteiger partial charge in [0.05, 0.1) is 18.7 Å². The summed E-state index contributed by atoms with van der Waals surface area (Å²) in [5.41, 5.74) is 3.21. The Kier molecular flexibility index (Phi) is 6.99. The molecule has 1 saturated heterocycles. The van der Waals surface area contributed by atoms with Crippen molar-refractivity contribution in [2.24, 2.45) is 0 Å². The molecule has 37 heavy (non-hydrogen) atoms. The number of benzene rings is 3. The smallest absolute Gasteiger partial charge is 0.295 e. The van der Waals surface area contributed by atoms with Gasteiger partial charge in [-0.05, 0) is 66.8 Å². The Labute approximate surface area is 217 Å². The van der Waals surface area contributed by atoms with E-state index in [1.54, 1.807) is 30.2 Å². The Bertz CT molecular complexity index is 1340. The normalized spacial score (nSPS) is 19.4. The van der Waals surface area contributed by atoms with Crippen LogP contribution in [-0.4, -0.2) is 34.8 Å². The fourth-order valence-corrected chi connectivity index (χ4v) is 5.40. The minimum Gasteiger partial charge on any atom is -0.507 e. The largest absolute Gasteiger partial charge is 0.507 e. The minimum absolute atomic E-state index is 0.0338. The zero-order chi connectivity index (χ0) is 25.9. The number of carbonyl (C=O) groups excluding carboxylic acids is 2. The highest BCUT2D eigenvalue weighted by atomic mass is 16.5. The van der Waals surface area contributed by atoms with Gasteiger partial charge in [0, 0.05) is 11.6 Å². The van der Waals surface area contributed by atoms with Gasteiger partial charge >= 0.3 is 0 Å². The molecule has 0 radical (unpaired) electrons. The molecule has 2 aliphatic rings. The van der Waals surface area contributed by atoms with E-state index in [2.05, 4.69) is 0 Å². The van der Waals surface area contributed by atoms with Crippen LogP contribution in [0.5, 0.6) is 11.5 Å². The van der Waals surface area contributed by atoms with E-state index in [1.807, 2.05) is 61.5 Å². The quantitative estimate of drug-likeness (QED) is 0.248. The number of hydrogen-bond donors (Lipinski definition) is 1. The van der Waals surface area contributed by atoms with Crippen LogP contribution in [0.3, 0.4) is 0 Å². The maximum absolute atomic E-state index is 13.4. The topological polar surface area (TPSA) is 76.1 Å². The first-order chi connectivity index (χ1) is 18.0. The molecule has 1 aliphatic heterocycles. The van der Waals surface area contributed by atoms with E-state index >= 15 is 0 Å². The van der Waals surface area contributed by atoms with Crippen molar-refractivity contribution in [2.45, 2.75) is 51.3 Å². The standard InChI is InChI=1S/C31H31NO5/c1-20-17-23(15-16-26(20)37-19-21-9-4-3-5-10-21)29(33)27-28(22-11-8-14-25(18-22)36-2)32(31(35)30(27)34)24-12-6-7-13-24/h3-5,8-11,14-18,24,28,33H,6-7,12-13,19H2,1-2H3/b29-27-. The fourth-order valence-electron chi connectivity index (χ4n) is 5.40. The van der Waals surface area contributed by atoms with E-state index in [9.17, 15) is 14.7 Å². The maximum atomic E-state index is 13.4. The first-order valence-corrected chi connectivity index (χ1v) is 12.7. The Morgan fingerprint density at radius 2 is 1.73 bits per heavy atom. The first kappa shape index (κ1) is 24.6. The van der Waals surface area contributed by atoms with E-state index in [0.29, 0.717) is 23.7 Å². The lowest BCUT2D eigenvalue weighted by Gasteiger charge is -2.31. The average molecular weight is 498 g/mol. The second kappa shape index (κ2) is 10.5. The van der Waals surface area contributed by atoms with Gasteiger partial charge in [-0.2, -0.15) is 0 Å². The molecule has 5 rings (SSSR count). The lowest BCUT2D eigenvalue weighted by atomic mass is 9.94. The molecule has 0 spiro atoms. The predicted molar refractivity (Wildman–Crippen MR) is 141 cm³/mol. The fraction of sp³-hybridized carbons (Fsp3) is 0.290. The van der Waals surface area contributed by atoms with E-state index in [-0.39, 0.29) is 17.4 Å². The van der Waals surface area contributed by atoms with Crippen LogP contribution in [0.2, 0.25) is 0 Å². The molecule has 3 aromatic carbocycles. The summed E-state index contributed by atoms with van der Waals surface area (Å²) in [7, 11) is 1.58. The molecule has 1 heterocycles. The first-order valence-electron chi connectivity index (χ1n) is 12.7. The highest BCUT2D eigenvalue weighted by Gasteiger charge is 2.49. The number of ketones is 1. The molecule has 190 valence electrons. The predicted octanol–water partition coefficient (Wildman–Crippen LogP) is 5.95. The summed E-state index contributed by atoms with van der Waals surface area (Å²) in [5, 5.41) is 11.5. The lowest BCUT2D eigenvalue weighted by Crippen LogP contribution is -2.37. The SMILES string of the molecule is COc1cccc(C2/C(=C(/O)c3ccc(OCc4ccccc4)c(C)c3)C(=O)C(=O)N2C2CCCC2)c1. The maximum Gasteiger partial charge on any atom is 0.295 e. The summed E-state index contributed by atoms with van der Waals surface area (Å²) in [6.45, 7) is 2.32. The van der Waals surface area contributed by atoms with Gasteiger partial charge < -0.3 is 19.5 Å². The van der Waals surface area contributed by atoms with Gasteiger partial charge in [0.25, 0.3) is 11.7 Å². The number of amides is 1. The number of rotatable bonds is 7. The van der Waals surface area contributed by atoms with Crippen LogP contribution in [0.25, 0.3) is 5.76 Å². The number of aliphatic hydroxyl groups is 1. The van der Waals surface area contributed by atoms with Gasteiger partial charge in [-0.15, -0.1) is 0 Å². The van der Waals surface area contributed by atoms with Gasteiger partial charge in [0.1, 0.15) is 23.9 Å². The second-order valence-electron chi connectivity index (χ2n) is 9.68. The molecular formula is C31H31NO5. The van der Waals surface area contributed by atoms with Gasteiger partial charge in [-0.25, -0.2) is 0 Å². The van der Waals surface area contributed by atoms with Crippen molar-refractivity contribution < 1.29 is 24.2 Å². The molecule has 0 aromatic heterocycles. The Balaban J connectivity index is 1.52. The molecule has 2 fully saturated rings. The van der Waals surface area contributed by atoms with Crippen molar-refractivity contribution in [3.8, 4) is 11.5 Å². The van der Waals surface area contributed by atoms with E-state index in [0.717, 1.165) is 42.4 Å². The summed E-state index contributed by atoms with van der Waals surface area (Å²) in [5.74, 6) is -0.0640. The summed E-state index contributed by atoms with van der Waals surface area (Å²) in [4.78, 5) is 28.3. The molecule has 3 aromatic rings. The van der Waals surface area contributed by atoms with E-state index in [1.165, 1.54) is 0 Å². The summed E-state index contributed by atoms with van der Waals surface area (Å²) >= 11 is 0. The van der Waals surface area contributed by atoms with Crippen molar-refractivity contribution in [1.82, 2.24) is 4.90 Å². The van der Waals surface area contributed by atoms with Crippen LogP contribution in [0.15, 0.2) is 78.4 Å². The second-order valence-corrected chi connectivity index (χ2v) is 9.68. The molecule has 1 aliphatic carbocycles. The number of nitrogens with zero attached hydrogens (tertiary/aromatic N) is 1. The van der Waals surface area contributed by atoms with Gasteiger partial charge in [0.2, 0.25) is 0 Å². The van der Waals surface area contributed by atoms with Crippen molar-refractivity contribution in [1.29, 1.82) is 0 Å². The van der Waals surface area contributed by atoms with Crippen molar-refractivity contribution in [3.05, 3.63) is 101 Å². The van der Waals surface area contributed by atoms with Crippen molar-refractivity contribution in [3.63, 3.8) is 0 Å². The van der Waals surface area contributed by atoms with Crippen LogP contribution in [0, 0.1) is 6.92 Å². The average Bonchev–Trinajstić information content (AvgIpc) is 3.54. The van der Waals surface area contributed by atoms with Gasteiger partial charge in [0.15, 0.2) is 0 Å². The Morgan fingerprint density at radius 1 is 0.973 bits per heavy atom. The molecule has 1 atom stereocenters. The number of methoxy groups -OCH3 is 1.